The Morgan fingerprint density at radius 2 is 2.36 bits per heavy atom. The molecule has 0 spiro atoms. The average Bonchev–Trinajstić information content (AvgIpc) is 3.06. The number of amides is 1. The van der Waals surface area contributed by atoms with Crippen molar-refractivity contribution < 1.29 is 9.53 Å². The van der Waals surface area contributed by atoms with Gasteiger partial charge in [-0.1, -0.05) is 41.6 Å². The standard InChI is InChI=1S/C14H15ClN4O2S/c15-11-4-2-1-3-10(11)12-7-19(5-6-21-12)13(20)8-22-14-16-9-17-18-14/h1-4,9,12H,5-8H2,(H,16,17,18). The van der Waals surface area contributed by atoms with E-state index in [4.69, 9.17) is 16.3 Å². The first-order valence-corrected chi connectivity index (χ1v) is 8.22. The van der Waals surface area contributed by atoms with Crippen LogP contribution in [0.3, 0.4) is 0 Å². The Hall–Kier alpha value is -1.57. The second-order valence-electron chi connectivity index (χ2n) is 4.80. The number of rotatable bonds is 4. The SMILES string of the molecule is O=C(CSc1ncn[nH]1)N1CCOC(c2ccccc2Cl)C1. The van der Waals surface area contributed by atoms with Crippen molar-refractivity contribution in [2.45, 2.75) is 11.3 Å². The van der Waals surface area contributed by atoms with Crippen LogP contribution >= 0.6 is 23.4 Å². The molecule has 1 unspecified atom stereocenters. The van der Waals surface area contributed by atoms with Crippen LogP contribution in [0.5, 0.6) is 0 Å². The number of hydrogen-bond acceptors (Lipinski definition) is 5. The van der Waals surface area contributed by atoms with Crippen molar-refractivity contribution in [3.63, 3.8) is 0 Å². The first-order chi connectivity index (χ1) is 10.7. The second-order valence-corrected chi connectivity index (χ2v) is 6.17. The van der Waals surface area contributed by atoms with E-state index in [9.17, 15) is 4.79 Å². The molecule has 1 saturated heterocycles. The molecular formula is C14H15ClN4O2S. The number of aromatic nitrogens is 3. The topological polar surface area (TPSA) is 71.1 Å². The molecule has 1 aromatic carbocycles. The number of thioether (sulfide) groups is 1. The number of carbonyl (C=O) groups is 1. The van der Waals surface area contributed by atoms with E-state index in [1.165, 1.54) is 18.1 Å². The maximum absolute atomic E-state index is 12.3. The fourth-order valence-corrected chi connectivity index (χ4v) is 3.22. The van der Waals surface area contributed by atoms with Crippen LogP contribution in [-0.2, 0) is 9.53 Å². The van der Waals surface area contributed by atoms with Crippen LogP contribution in [0.1, 0.15) is 11.7 Å². The Morgan fingerprint density at radius 3 is 3.14 bits per heavy atom. The van der Waals surface area contributed by atoms with E-state index < -0.39 is 0 Å². The monoisotopic (exact) mass is 338 g/mol. The molecule has 1 aliphatic rings. The number of H-pyrrole nitrogens is 1. The number of aromatic amines is 1. The summed E-state index contributed by atoms with van der Waals surface area (Å²) in [5.74, 6) is 0.381. The molecule has 0 radical (unpaired) electrons. The lowest BCUT2D eigenvalue weighted by molar-refractivity contribution is -0.136. The zero-order chi connectivity index (χ0) is 15.4. The van der Waals surface area contributed by atoms with Crippen molar-refractivity contribution in [2.75, 3.05) is 25.4 Å². The quantitative estimate of drug-likeness (QED) is 0.865. The van der Waals surface area contributed by atoms with Crippen molar-refractivity contribution in [2.24, 2.45) is 0 Å². The van der Waals surface area contributed by atoms with Crippen molar-refractivity contribution in [3.05, 3.63) is 41.2 Å². The molecule has 3 rings (SSSR count). The molecule has 0 saturated carbocycles. The fourth-order valence-electron chi connectivity index (χ4n) is 2.29. The molecule has 116 valence electrons. The van der Waals surface area contributed by atoms with Crippen molar-refractivity contribution >= 4 is 29.3 Å². The van der Waals surface area contributed by atoms with Crippen molar-refractivity contribution in [1.29, 1.82) is 0 Å². The van der Waals surface area contributed by atoms with Gasteiger partial charge in [0.05, 0.1) is 18.9 Å². The molecule has 1 aliphatic heterocycles. The van der Waals surface area contributed by atoms with Gasteiger partial charge in [-0.2, -0.15) is 5.10 Å². The van der Waals surface area contributed by atoms with E-state index in [-0.39, 0.29) is 12.0 Å². The zero-order valence-electron chi connectivity index (χ0n) is 11.7. The Kier molecular flexibility index (Phi) is 4.97. The van der Waals surface area contributed by atoms with E-state index in [2.05, 4.69) is 15.2 Å². The lowest BCUT2D eigenvalue weighted by Crippen LogP contribution is -2.43. The summed E-state index contributed by atoms with van der Waals surface area (Å²) in [5.41, 5.74) is 0.921. The fraction of sp³-hybridized carbons (Fsp3) is 0.357. The second kappa shape index (κ2) is 7.13. The van der Waals surface area contributed by atoms with E-state index in [1.807, 2.05) is 24.3 Å². The first-order valence-electron chi connectivity index (χ1n) is 6.86. The highest BCUT2D eigenvalue weighted by molar-refractivity contribution is 7.99. The summed E-state index contributed by atoms with van der Waals surface area (Å²) in [5, 5.41) is 7.79. The maximum atomic E-state index is 12.3. The van der Waals surface area contributed by atoms with Gasteiger partial charge in [0, 0.05) is 17.1 Å². The number of carbonyl (C=O) groups excluding carboxylic acids is 1. The van der Waals surface area contributed by atoms with Gasteiger partial charge in [-0.05, 0) is 6.07 Å². The molecule has 1 aromatic heterocycles. The van der Waals surface area contributed by atoms with Gasteiger partial charge in [-0.3, -0.25) is 9.89 Å². The minimum absolute atomic E-state index is 0.0572. The Bertz CT molecular complexity index is 638. The third-order valence-corrected chi connectivity index (χ3v) is 4.60. The summed E-state index contributed by atoms with van der Waals surface area (Å²) < 4.78 is 5.76. The molecular weight excluding hydrogens is 324 g/mol. The van der Waals surface area contributed by atoms with E-state index in [0.717, 1.165) is 5.56 Å². The third-order valence-electron chi connectivity index (χ3n) is 3.40. The lowest BCUT2D eigenvalue weighted by atomic mass is 10.1. The molecule has 1 atom stereocenters. The highest BCUT2D eigenvalue weighted by Gasteiger charge is 2.26. The number of ether oxygens (including phenoxy) is 1. The highest BCUT2D eigenvalue weighted by atomic mass is 35.5. The molecule has 0 aliphatic carbocycles. The number of halogens is 1. The third kappa shape index (κ3) is 3.60. The van der Waals surface area contributed by atoms with Gasteiger partial charge in [-0.15, -0.1) is 0 Å². The lowest BCUT2D eigenvalue weighted by Gasteiger charge is -2.33. The predicted octanol–water partition coefficient (Wildman–Crippen LogP) is 2.15. The molecule has 6 nitrogen and oxygen atoms in total. The summed E-state index contributed by atoms with van der Waals surface area (Å²) in [6, 6.07) is 7.57. The van der Waals surface area contributed by atoms with Gasteiger partial charge >= 0.3 is 0 Å². The smallest absolute Gasteiger partial charge is 0.233 e. The summed E-state index contributed by atoms with van der Waals surface area (Å²) in [6.07, 6.45) is 1.25. The molecule has 22 heavy (non-hydrogen) atoms. The summed E-state index contributed by atoms with van der Waals surface area (Å²) >= 11 is 7.55. The molecule has 1 fully saturated rings. The Labute approximate surface area is 137 Å². The molecule has 8 heteroatoms. The van der Waals surface area contributed by atoms with Crippen LogP contribution in [-0.4, -0.2) is 51.4 Å². The summed E-state index contributed by atoms with van der Waals surface area (Å²) in [4.78, 5) is 18.1. The normalized spacial score (nSPS) is 18.4. The van der Waals surface area contributed by atoms with E-state index >= 15 is 0 Å². The molecule has 2 aromatic rings. The predicted molar refractivity (Wildman–Crippen MR) is 83.8 cm³/mol. The van der Waals surface area contributed by atoms with E-state index in [1.54, 1.807) is 4.90 Å². The minimum Gasteiger partial charge on any atom is -0.370 e. The number of nitrogens with zero attached hydrogens (tertiary/aromatic N) is 3. The van der Waals surface area contributed by atoms with Crippen LogP contribution in [0.4, 0.5) is 0 Å². The molecule has 0 bridgehead atoms. The molecule has 2 heterocycles. The summed E-state index contributed by atoms with van der Waals surface area (Å²) in [7, 11) is 0. The largest absolute Gasteiger partial charge is 0.370 e. The zero-order valence-corrected chi connectivity index (χ0v) is 13.3. The number of benzene rings is 1. The van der Waals surface area contributed by atoms with Gasteiger partial charge in [0.2, 0.25) is 5.91 Å². The van der Waals surface area contributed by atoms with Gasteiger partial charge in [0.25, 0.3) is 0 Å². The van der Waals surface area contributed by atoms with Crippen molar-refractivity contribution in [1.82, 2.24) is 20.1 Å². The van der Waals surface area contributed by atoms with Gasteiger partial charge < -0.3 is 9.64 Å². The van der Waals surface area contributed by atoms with E-state index in [0.29, 0.717) is 35.6 Å². The van der Waals surface area contributed by atoms with Crippen LogP contribution in [0.2, 0.25) is 5.02 Å². The minimum atomic E-state index is -0.179. The first kappa shape index (κ1) is 15.3. The van der Waals surface area contributed by atoms with Crippen molar-refractivity contribution in [3.8, 4) is 0 Å². The Morgan fingerprint density at radius 1 is 1.50 bits per heavy atom. The van der Waals surface area contributed by atoms with Gasteiger partial charge in [0.15, 0.2) is 5.16 Å². The number of nitrogens with one attached hydrogen (secondary N) is 1. The van der Waals surface area contributed by atoms with Crippen LogP contribution in [0.15, 0.2) is 35.7 Å². The highest BCUT2D eigenvalue weighted by Crippen LogP contribution is 2.28. The Balaban J connectivity index is 1.60. The van der Waals surface area contributed by atoms with Gasteiger partial charge in [0.1, 0.15) is 12.4 Å². The number of morpholine rings is 1. The summed E-state index contributed by atoms with van der Waals surface area (Å²) in [6.45, 7) is 1.62. The molecule has 1 amide bonds. The number of hydrogen-bond donors (Lipinski definition) is 1. The van der Waals surface area contributed by atoms with Crippen LogP contribution in [0.25, 0.3) is 0 Å². The van der Waals surface area contributed by atoms with Gasteiger partial charge in [-0.25, -0.2) is 4.98 Å². The van der Waals surface area contributed by atoms with Crippen LogP contribution in [0, 0.1) is 0 Å². The van der Waals surface area contributed by atoms with Crippen LogP contribution < -0.4 is 0 Å². The molecule has 1 N–H and O–H groups in total. The average molecular weight is 339 g/mol. The maximum Gasteiger partial charge on any atom is 0.233 e.